The quantitative estimate of drug-likeness (QED) is 0.478. The molecule has 2 atom stereocenters. The summed E-state index contributed by atoms with van der Waals surface area (Å²) >= 11 is 0. The Morgan fingerprint density at radius 1 is 1.46 bits per heavy atom. The summed E-state index contributed by atoms with van der Waals surface area (Å²) in [6.45, 7) is 4.00. The first-order valence-corrected chi connectivity index (χ1v) is 4.46. The molecule has 0 bridgehead atoms. The number of rotatable bonds is 2. The second kappa shape index (κ2) is 6.60. The molecule has 76 valence electrons. The average molecular weight is 188 g/mol. The van der Waals surface area contributed by atoms with Gasteiger partial charge in [-0.3, -0.25) is 0 Å². The van der Waals surface area contributed by atoms with E-state index in [0.717, 1.165) is 0 Å². The fourth-order valence-electron chi connectivity index (χ4n) is 1.07. The van der Waals surface area contributed by atoms with Crippen LogP contribution in [0.3, 0.4) is 0 Å². The molecule has 0 aliphatic carbocycles. The minimum atomic E-state index is -0.532. The lowest BCUT2D eigenvalue weighted by Gasteiger charge is -2.06. The summed E-state index contributed by atoms with van der Waals surface area (Å²) in [5, 5.41) is 0. The number of hydrogen-bond donors (Lipinski definition) is 0. The molecule has 0 spiro atoms. The Labute approximate surface area is 78.2 Å². The van der Waals surface area contributed by atoms with Crippen LogP contribution in [-0.2, 0) is 19.1 Å². The van der Waals surface area contributed by atoms with Gasteiger partial charge in [0.2, 0.25) is 0 Å². The maximum absolute atomic E-state index is 10.8. The number of esters is 1. The summed E-state index contributed by atoms with van der Waals surface area (Å²) in [5.41, 5.74) is 0. The van der Waals surface area contributed by atoms with Gasteiger partial charge in [0.05, 0.1) is 7.11 Å². The molecule has 0 aromatic heterocycles. The average Bonchev–Trinajstić information content (AvgIpc) is 2.68. The van der Waals surface area contributed by atoms with Crippen LogP contribution >= 0.6 is 0 Å². The Morgan fingerprint density at radius 3 is 2.46 bits per heavy atom. The van der Waals surface area contributed by atoms with E-state index in [0.29, 0.717) is 19.1 Å². The maximum Gasteiger partial charge on any atom is 0.335 e. The van der Waals surface area contributed by atoms with Crippen LogP contribution in [0.15, 0.2) is 0 Å². The Morgan fingerprint density at radius 2 is 2.08 bits per heavy atom. The Hall–Kier alpha value is -0.900. The van der Waals surface area contributed by atoms with Gasteiger partial charge in [-0.2, -0.15) is 0 Å². The zero-order chi connectivity index (χ0) is 10.3. The summed E-state index contributed by atoms with van der Waals surface area (Å²) in [6, 6.07) is 0. The molecule has 4 heteroatoms. The van der Waals surface area contributed by atoms with E-state index < -0.39 is 18.2 Å². The first kappa shape index (κ1) is 12.1. The van der Waals surface area contributed by atoms with Gasteiger partial charge in [0.1, 0.15) is 12.4 Å². The van der Waals surface area contributed by atoms with E-state index in [1.807, 2.05) is 13.8 Å². The molecule has 0 aromatic carbocycles. The smallest absolute Gasteiger partial charge is 0.335 e. The molecule has 0 amide bonds. The lowest BCUT2D eigenvalue weighted by atomic mass is 10.2. The normalized spacial score (nSPS) is 25.8. The van der Waals surface area contributed by atoms with Crippen molar-refractivity contribution in [2.75, 3.05) is 7.11 Å². The van der Waals surface area contributed by atoms with Crippen molar-refractivity contribution in [1.82, 2.24) is 0 Å². The molecule has 1 fully saturated rings. The second-order valence-electron chi connectivity index (χ2n) is 2.40. The van der Waals surface area contributed by atoms with Crippen molar-refractivity contribution in [1.29, 1.82) is 0 Å². The molecule has 0 N–H and O–H groups in total. The van der Waals surface area contributed by atoms with Gasteiger partial charge < -0.3 is 14.3 Å². The number of methoxy groups -OCH3 is 1. The van der Waals surface area contributed by atoms with E-state index in [9.17, 15) is 9.59 Å². The predicted octanol–water partition coefficient (Wildman–Crippen LogP) is 0.932. The van der Waals surface area contributed by atoms with Gasteiger partial charge in [0.25, 0.3) is 0 Å². The molecule has 1 aliphatic rings. The standard InChI is InChI=1S/C7H10O4.C2H6/c1-10-7(9)6-3-2-5(4-8)11-6;1-2/h4-6H,2-3H2,1H3;1-2H3. The molecule has 1 rings (SSSR count). The Kier molecular flexibility index (Phi) is 6.14. The zero-order valence-corrected chi connectivity index (χ0v) is 8.28. The Bertz CT molecular complexity index is 167. The highest BCUT2D eigenvalue weighted by atomic mass is 16.6. The highest BCUT2D eigenvalue weighted by molar-refractivity contribution is 5.75. The van der Waals surface area contributed by atoms with Crippen LogP contribution in [0, 0.1) is 0 Å². The number of carbonyl (C=O) groups is 2. The van der Waals surface area contributed by atoms with Crippen molar-refractivity contribution in [2.24, 2.45) is 0 Å². The fourth-order valence-corrected chi connectivity index (χ4v) is 1.07. The van der Waals surface area contributed by atoms with E-state index in [2.05, 4.69) is 4.74 Å². The summed E-state index contributed by atoms with van der Waals surface area (Å²) in [6.07, 6.45) is 0.955. The van der Waals surface area contributed by atoms with Crippen molar-refractivity contribution in [3.8, 4) is 0 Å². The van der Waals surface area contributed by atoms with E-state index in [1.54, 1.807) is 0 Å². The van der Waals surface area contributed by atoms with Gasteiger partial charge in [0.15, 0.2) is 6.10 Å². The first-order valence-electron chi connectivity index (χ1n) is 4.46. The molecule has 1 heterocycles. The van der Waals surface area contributed by atoms with Crippen LogP contribution in [0.4, 0.5) is 0 Å². The second-order valence-corrected chi connectivity index (χ2v) is 2.40. The number of ether oxygens (including phenoxy) is 2. The van der Waals surface area contributed by atoms with Crippen molar-refractivity contribution in [3.05, 3.63) is 0 Å². The molecule has 4 nitrogen and oxygen atoms in total. The molecular formula is C9H16O4. The predicted molar refractivity (Wildman–Crippen MR) is 47.3 cm³/mol. The monoisotopic (exact) mass is 188 g/mol. The minimum Gasteiger partial charge on any atom is -0.467 e. The largest absolute Gasteiger partial charge is 0.467 e. The van der Waals surface area contributed by atoms with E-state index in [4.69, 9.17) is 4.74 Å². The van der Waals surface area contributed by atoms with E-state index >= 15 is 0 Å². The molecule has 0 aromatic rings. The third-order valence-electron chi connectivity index (χ3n) is 1.67. The number of carbonyl (C=O) groups excluding carboxylic acids is 2. The highest BCUT2D eigenvalue weighted by Gasteiger charge is 2.30. The zero-order valence-electron chi connectivity index (χ0n) is 8.28. The van der Waals surface area contributed by atoms with Crippen molar-refractivity contribution in [2.45, 2.75) is 38.9 Å². The Balaban J connectivity index is 0.000000671. The SMILES string of the molecule is CC.COC(=O)C1CCC(C=O)O1. The molecule has 1 aliphatic heterocycles. The van der Waals surface area contributed by atoms with Crippen molar-refractivity contribution in [3.63, 3.8) is 0 Å². The minimum absolute atomic E-state index is 0.394. The van der Waals surface area contributed by atoms with Gasteiger partial charge in [-0.1, -0.05) is 13.8 Å². The number of hydrogen-bond acceptors (Lipinski definition) is 4. The summed E-state index contributed by atoms with van der Waals surface area (Å²) in [4.78, 5) is 21.0. The molecule has 13 heavy (non-hydrogen) atoms. The number of aldehydes is 1. The van der Waals surface area contributed by atoms with E-state index in [-0.39, 0.29) is 0 Å². The maximum atomic E-state index is 10.8. The van der Waals surface area contributed by atoms with Crippen LogP contribution in [0.2, 0.25) is 0 Å². The summed E-state index contributed by atoms with van der Waals surface area (Å²) < 4.78 is 9.47. The molecule has 2 unspecified atom stereocenters. The van der Waals surface area contributed by atoms with Crippen LogP contribution in [-0.4, -0.2) is 31.6 Å². The van der Waals surface area contributed by atoms with Gasteiger partial charge in [-0.25, -0.2) is 4.79 Å². The highest BCUT2D eigenvalue weighted by Crippen LogP contribution is 2.18. The summed E-state index contributed by atoms with van der Waals surface area (Å²) in [7, 11) is 1.31. The molecule has 1 saturated heterocycles. The first-order chi connectivity index (χ1) is 6.27. The van der Waals surface area contributed by atoms with Crippen LogP contribution in [0.1, 0.15) is 26.7 Å². The van der Waals surface area contributed by atoms with Gasteiger partial charge >= 0.3 is 5.97 Å². The van der Waals surface area contributed by atoms with Crippen LogP contribution < -0.4 is 0 Å². The van der Waals surface area contributed by atoms with Crippen molar-refractivity contribution >= 4 is 12.3 Å². The van der Waals surface area contributed by atoms with Gasteiger partial charge in [-0.15, -0.1) is 0 Å². The lowest BCUT2D eigenvalue weighted by Crippen LogP contribution is -2.22. The lowest BCUT2D eigenvalue weighted by molar-refractivity contribution is -0.153. The van der Waals surface area contributed by atoms with Gasteiger partial charge in [0, 0.05) is 0 Å². The third kappa shape index (κ3) is 3.55. The topological polar surface area (TPSA) is 52.6 Å². The molecular weight excluding hydrogens is 172 g/mol. The third-order valence-corrected chi connectivity index (χ3v) is 1.67. The fraction of sp³-hybridized carbons (Fsp3) is 0.778. The van der Waals surface area contributed by atoms with Crippen LogP contribution in [0.25, 0.3) is 0 Å². The van der Waals surface area contributed by atoms with Crippen molar-refractivity contribution < 1.29 is 19.1 Å². The molecule has 0 radical (unpaired) electrons. The van der Waals surface area contributed by atoms with Crippen LogP contribution in [0.5, 0.6) is 0 Å². The molecule has 0 saturated carbocycles. The van der Waals surface area contributed by atoms with Gasteiger partial charge in [-0.05, 0) is 12.8 Å². The van der Waals surface area contributed by atoms with E-state index in [1.165, 1.54) is 7.11 Å². The summed E-state index contributed by atoms with van der Waals surface area (Å²) in [5.74, 6) is -0.394.